The SMILES string of the molecule is O=C(C=c1[nH]c(=O)c(=Cc2c(F)cccc2F)s1)c1ccc(Cl)cc1. The van der Waals surface area contributed by atoms with Crippen molar-refractivity contribution in [2.45, 2.75) is 0 Å². The molecule has 3 rings (SSSR count). The Balaban J connectivity index is 2.03. The van der Waals surface area contributed by atoms with Crippen LogP contribution in [0.25, 0.3) is 12.2 Å². The molecule has 0 aliphatic carbocycles. The van der Waals surface area contributed by atoms with Gasteiger partial charge in [0.1, 0.15) is 11.6 Å². The van der Waals surface area contributed by atoms with Gasteiger partial charge in [0, 0.05) is 22.2 Å². The summed E-state index contributed by atoms with van der Waals surface area (Å²) in [5.74, 6) is -1.86. The molecule has 0 aliphatic rings. The molecular weight excluding hydrogens is 368 g/mol. The number of carbonyl (C=O) groups is 1. The predicted octanol–water partition coefficient (Wildman–Crippen LogP) is 2.86. The summed E-state index contributed by atoms with van der Waals surface area (Å²) in [5.41, 5.74) is -0.419. The normalized spacial score (nSPS) is 12.6. The van der Waals surface area contributed by atoms with Crippen LogP contribution in [0.2, 0.25) is 5.02 Å². The van der Waals surface area contributed by atoms with Gasteiger partial charge in [-0.1, -0.05) is 17.7 Å². The molecule has 0 spiro atoms. The number of Topliss-reactive ketones (excluding diaryl/α,β-unsaturated/α-hetero) is 1. The van der Waals surface area contributed by atoms with Gasteiger partial charge >= 0.3 is 0 Å². The van der Waals surface area contributed by atoms with Crippen LogP contribution in [-0.2, 0) is 0 Å². The molecule has 0 bridgehead atoms. The molecule has 0 saturated heterocycles. The van der Waals surface area contributed by atoms with Gasteiger partial charge in [-0.05, 0) is 42.5 Å². The number of hydrogen-bond donors (Lipinski definition) is 1. The Morgan fingerprint density at radius 3 is 2.36 bits per heavy atom. The quantitative estimate of drug-likeness (QED) is 0.713. The lowest BCUT2D eigenvalue weighted by molar-refractivity contribution is 0.106. The average molecular weight is 378 g/mol. The van der Waals surface area contributed by atoms with E-state index in [1.807, 2.05) is 0 Å². The molecule has 0 aliphatic heterocycles. The fourth-order valence-electron chi connectivity index (χ4n) is 2.12. The molecule has 0 radical (unpaired) electrons. The lowest BCUT2D eigenvalue weighted by atomic mass is 10.1. The molecule has 0 amide bonds. The molecule has 2 aromatic carbocycles. The van der Waals surface area contributed by atoms with Gasteiger partial charge in [-0.25, -0.2) is 8.78 Å². The number of H-pyrrole nitrogens is 1. The van der Waals surface area contributed by atoms with E-state index in [2.05, 4.69) is 4.98 Å². The Labute approximate surface area is 149 Å². The molecule has 126 valence electrons. The number of nitrogens with one attached hydrogen (secondary N) is 1. The number of rotatable bonds is 3. The van der Waals surface area contributed by atoms with E-state index >= 15 is 0 Å². The van der Waals surface area contributed by atoms with Crippen molar-refractivity contribution in [3.8, 4) is 0 Å². The van der Waals surface area contributed by atoms with Crippen LogP contribution >= 0.6 is 22.9 Å². The Morgan fingerprint density at radius 2 is 1.72 bits per heavy atom. The first-order chi connectivity index (χ1) is 11.9. The summed E-state index contributed by atoms with van der Waals surface area (Å²) in [4.78, 5) is 26.6. The van der Waals surface area contributed by atoms with E-state index in [4.69, 9.17) is 11.6 Å². The van der Waals surface area contributed by atoms with Crippen molar-refractivity contribution in [3.63, 3.8) is 0 Å². The smallest absolute Gasteiger partial charge is 0.266 e. The standard InChI is InChI=1S/C18H10ClF2NO2S/c19-11-6-4-10(5-7-11)15(23)9-17-22-18(24)16(25-17)8-12-13(20)2-1-3-14(12)21/h1-9H,(H,22,24). The molecule has 0 saturated carbocycles. The maximum atomic E-state index is 13.7. The molecule has 25 heavy (non-hydrogen) atoms. The molecule has 7 heteroatoms. The summed E-state index contributed by atoms with van der Waals surface area (Å²) < 4.78 is 27.8. The summed E-state index contributed by atoms with van der Waals surface area (Å²) in [6.45, 7) is 0. The summed E-state index contributed by atoms with van der Waals surface area (Å²) in [6.07, 6.45) is 2.38. The molecule has 1 aromatic heterocycles. The molecule has 3 nitrogen and oxygen atoms in total. The molecule has 3 aromatic rings. The lowest BCUT2D eigenvalue weighted by Gasteiger charge is -1.96. The minimum atomic E-state index is -0.768. The van der Waals surface area contributed by atoms with Gasteiger partial charge in [0.05, 0.1) is 9.20 Å². The van der Waals surface area contributed by atoms with Crippen LogP contribution in [0.4, 0.5) is 8.78 Å². The second kappa shape index (κ2) is 7.13. The third kappa shape index (κ3) is 3.92. The maximum Gasteiger partial charge on any atom is 0.266 e. The molecule has 0 atom stereocenters. The van der Waals surface area contributed by atoms with E-state index in [0.29, 0.717) is 10.6 Å². The van der Waals surface area contributed by atoms with Crippen molar-refractivity contribution in [2.24, 2.45) is 0 Å². The van der Waals surface area contributed by atoms with Crippen LogP contribution in [0, 0.1) is 11.6 Å². The van der Waals surface area contributed by atoms with Gasteiger partial charge in [0.15, 0.2) is 5.78 Å². The van der Waals surface area contributed by atoms with Crippen LogP contribution < -0.4 is 14.8 Å². The molecule has 1 N–H and O–H groups in total. The van der Waals surface area contributed by atoms with E-state index < -0.39 is 17.2 Å². The number of aromatic amines is 1. The summed E-state index contributed by atoms with van der Waals surface area (Å²) in [6, 6.07) is 9.75. The first-order valence-corrected chi connectivity index (χ1v) is 8.30. The predicted molar refractivity (Wildman–Crippen MR) is 94.4 cm³/mol. The maximum absolute atomic E-state index is 13.7. The third-order valence-corrected chi connectivity index (χ3v) is 4.56. The Hall–Kier alpha value is -2.57. The fraction of sp³-hybridized carbons (Fsp3) is 0. The van der Waals surface area contributed by atoms with Crippen molar-refractivity contribution < 1.29 is 13.6 Å². The van der Waals surface area contributed by atoms with Crippen molar-refractivity contribution in [2.75, 3.05) is 0 Å². The lowest BCUT2D eigenvalue weighted by Crippen LogP contribution is -2.20. The van der Waals surface area contributed by atoms with Crippen molar-refractivity contribution in [1.29, 1.82) is 0 Å². The minimum Gasteiger partial charge on any atom is -0.313 e. The van der Waals surface area contributed by atoms with Gasteiger partial charge in [0.2, 0.25) is 0 Å². The highest BCUT2D eigenvalue weighted by atomic mass is 35.5. The highest BCUT2D eigenvalue weighted by Crippen LogP contribution is 2.12. The molecule has 0 fully saturated rings. The highest BCUT2D eigenvalue weighted by molar-refractivity contribution is 7.07. The zero-order valence-corrected chi connectivity index (χ0v) is 14.1. The zero-order valence-electron chi connectivity index (χ0n) is 12.6. The van der Waals surface area contributed by atoms with E-state index in [9.17, 15) is 18.4 Å². The van der Waals surface area contributed by atoms with E-state index in [0.717, 1.165) is 29.5 Å². The zero-order chi connectivity index (χ0) is 18.0. The molecular formula is C18H10ClF2NO2S. The van der Waals surface area contributed by atoms with Gasteiger partial charge in [-0.3, -0.25) is 9.59 Å². The monoisotopic (exact) mass is 377 g/mol. The second-order valence-corrected chi connectivity index (χ2v) is 6.60. The fourth-order valence-corrected chi connectivity index (χ4v) is 3.11. The van der Waals surface area contributed by atoms with Gasteiger partial charge < -0.3 is 4.98 Å². The van der Waals surface area contributed by atoms with Crippen LogP contribution in [0.15, 0.2) is 47.3 Å². The van der Waals surface area contributed by atoms with Crippen molar-refractivity contribution in [1.82, 2.24) is 4.98 Å². The van der Waals surface area contributed by atoms with E-state index in [-0.39, 0.29) is 20.5 Å². The first-order valence-electron chi connectivity index (χ1n) is 7.10. The van der Waals surface area contributed by atoms with Gasteiger partial charge in [-0.15, -0.1) is 11.3 Å². The van der Waals surface area contributed by atoms with Crippen LogP contribution in [-0.4, -0.2) is 10.8 Å². The van der Waals surface area contributed by atoms with Crippen molar-refractivity contribution >= 4 is 40.9 Å². The number of ketones is 1. The van der Waals surface area contributed by atoms with Gasteiger partial charge in [-0.2, -0.15) is 0 Å². The van der Waals surface area contributed by atoms with E-state index in [1.54, 1.807) is 24.3 Å². The van der Waals surface area contributed by atoms with Crippen molar-refractivity contribution in [3.05, 3.63) is 89.8 Å². The first kappa shape index (κ1) is 17.3. The summed E-state index contributed by atoms with van der Waals surface area (Å²) in [5, 5.41) is 0.505. The largest absolute Gasteiger partial charge is 0.313 e. The molecule has 1 heterocycles. The summed E-state index contributed by atoms with van der Waals surface area (Å²) >= 11 is 6.71. The number of hydrogen-bond acceptors (Lipinski definition) is 3. The number of aromatic nitrogens is 1. The molecule has 0 unspecified atom stereocenters. The Bertz CT molecular complexity index is 1100. The second-order valence-electron chi connectivity index (χ2n) is 5.08. The average Bonchev–Trinajstić information content (AvgIpc) is 2.91. The van der Waals surface area contributed by atoms with Gasteiger partial charge in [0.25, 0.3) is 5.56 Å². The van der Waals surface area contributed by atoms with Crippen LogP contribution in [0.5, 0.6) is 0 Å². The summed E-state index contributed by atoms with van der Waals surface area (Å²) in [7, 11) is 0. The highest BCUT2D eigenvalue weighted by Gasteiger charge is 2.07. The third-order valence-electron chi connectivity index (χ3n) is 3.35. The Kier molecular flexibility index (Phi) is 4.92. The number of benzene rings is 2. The number of halogens is 3. The Morgan fingerprint density at radius 1 is 1.08 bits per heavy atom. The van der Waals surface area contributed by atoms with E-state index in [1.165, 1.54) is 12.1 Å². The minimum absolute atomic E-state index is 0.0964. The topological polar surface area (TPSA) is 49.9 Å². The number of thiazole rings is 1. The van der Waals surface area contributed by atoms with Crippen LogP contribution in [0.3, 0.4) is 0 Å². The van der Waals surface area contributed by atoms with Crippen LogP contribution in [0.1, 0.15) is 15.9 Å². The number of carbonyl (C=O) groups excluding carboxylic acids is 1.